The summed E-state index contributed by atoms with van der Waals surface area (Å²) in [5.41, 5.74) is 2.28. The minimum Gasteiger partial charge on any atom is -0.497 e. The first-order valence-corrected chi connectivity index (χ1v) is 25.2. The van der Waals surface area contributed by atoms with Gasteiger partial charge in [0.15, 0.2) is 11.6 Å². The lowest BCUT2D eigenvalue weighted by atomic mass is 9.62. The van der Waals surface area contributed by atoms with E-state index in [0.717, 1.165) is 54.1 Å². The molecule has 2 N–H and O–H groups in total. The number of hydrogen-bond acceptors (Lipinski definition) is 11. The van der Waals surface area contributed by atoms with Crippen LogP contribution in [-0.2, 0) is 21.4 Å². The topological polar surface area (TPSA) is 145 Å². The van der Waals surface area contributed by atoms with Crippen LogP contribution in [0.25, 0.3) is 11.3 Å². The molecule has 1 fully saturated rings. The van der Waals surface area contributed by atoms with Crippen molar-refractivity contribution in [3.63, 3.8) is 0 Å². The zero-order chi connectivity index (χ0) is 52.1. The number of carbonyl (C=O) groups is 2. The number of unbranched alkanes of at least 4 members (excludes halogenated alkanes) is 3. The predicted octanol–water partition coefficient (Wildman–Crippen LogP) is 12.9. The number of nitrogens with one attached hydrogen (secondary N) is 2. The number of hydrogen-bond donors (Lipinski definition) is 2. The number of rotatable bonds is 24. The molecule has 73 heavy (non-hydrogen) atoms. The van der Waals surface area contributed by atoms with E-state index in [2.05, 4.69) is 26.7 Å². The lowest BCUT2D eigenvalue weighted by Gasteiger charge is -2.37. The second-order valence-electron chi connectivity index (χ2n) is 19.8. The van der Waals surface area contributed by atoms with E-state index >= 15 is 8.78 Å². The van der Waals surface area contributed by atoms with Crippen molar-refractivity contribution in [2.45, 2.75) is 102 Å². The van der Waals surface area contributed by atoms with Crippen molar-refractivity contribution in [2.24, 2.45) is 5.41 Å². The smallest absolute Gasteiger partial charge is 0.163 e. The summed E-state index contributed by atoms with van der Waals surface area (Å²) in [4.78, 5) is 36.9. The Balaban J connectivity index is 0.876. The molecular formula is C59H64ClF2N5O6. The highest BCUT2D eigenvalue weighted by Crippen LogP contribution is 2.53. The van der Waals surface area contributed by atoms with E-state index in [9.17, 15) is 14.9 Å². The maximum absolute atomic E-state index is 16.2. The molecule has 4 atom stereocenters. The van der Waals surface area contributed by atoms with Crippen molar-refractivity contribution in [1.29, 1.82) is 5.26 Å². The van der Waals surface area contributed by atoms with E-state index in [0.29, 0.717) is 67.3 Å². The number of ketones is 2. The molecule has 11 nitrogen and oxygen atoms in total. The zero-order valence-electron chi connectivity index (χ0n) is 42.4. The van der Waals surface area contributed by atoms with Crippen molar-refractivity contribution in [3.05, 3.63) is 160 Å². The maximum Gasteiger partial charge on any atom is 0.163 e. The Hall–Kier alpha value is -6.72. The van der Waals surface area contributed by atoms with Crippen LogP contribution in [0.4, 0.5) is 20.3 Å². The van der Waals surface area contributed by atoms with E-state index < -0.39 is 35.1 Å². The number of nitriles is 1. The van der Waals surface area contributed by atoms with Gasteiger partial charge in [-0.1, -0.05) is 87.3 Å². The Morgan fingerprint density at radius 1 is 0.836 bits per heavy atom. The lowest BCUT2D eigenvalue weighted by molar-refractivity contribution is -0.120. The van der Waals surface area contributed by atoms with Gasteiger partial charge in [0.25, 0.3) is 0 Å². The molecule has 0 unspecified atom stereocenters. The Bertz CT molecular complexity index is 2910. The Kier molecular flexibility index (Phi) is 18.4. The summed E-state index contributed by atoms with van der Waals surface area (Å²) in [6.07, 6.45) is 6.06. The molecule has 0 saturated carbocycles. The van der Waals surface area contributed by atoms with Crippen LogP contribution in [0.5, 0.6) is 17.2 Å². The number of aryl methyl sites for hydroxylation is 1. The van der Waals surface area contributed by atoms with Crippen molar-refractivity contribution in [3.8, 4) is 34.6 Å². The van der Waals surface area contributed by atoms with Gasteiger partial charge in [-0.3, -0.25) is 9.59 Å². The van der Waals surface area contributed by atoms with Gasteiger partial charge >= 0.3 is 0 Å². The summed E-state index contributed by atoms with van der Waals surface area (Å²) in [5.74, 6) is -0.365. The number of nitrogens with zero attached hydrogens (tertiary/aromatic N) is 3. The fraction of sp³-hybridized carbons (Fsp3) is 0.373. The van der Waals surface area contributed by atoms with Crippen LogP contribution in [0.1, 0.15) is 104 Å². The molecule has 0 bridgehead atoms. The molecule has 7 rings (SSSR count). The van der Waals surface area contributed by atoms with E-state index in [1.54, 1.807) is 50.4 Å². The molecule has 0 aliphatic carbocycles. The molecule has 1 aromatic heterocycles. The molecule has 0 amide bonds. The third-order valence-electron chi connectivity index (χ3n) is 13.3. The first-order chi connectivity index (χ1) is 35.1. The minimum atomic E-state index is -1.70. The number of halogens is 3. The monoisotopic (exact) mass is 1010 g/mol. The lowest BCUT2D eigenvalue weighted by Crippen LogP contribution is -2.44. The Labute approximate surface area is 432 Å². The first-order valence-electron chi connectivity index (χ1n) is 24.8. The van der Waals surface area contributed by atoms with Gasteiger partial charge in [-0.05, 0) is 110 Å². The third kappa shape index (κ3) is 13.5. The second kappa shape index (κ2) is 24.8. The van der Waals surface area contributed by atoms with Crippen LogP contribution in [0, 0.1) is 35.3 Å². The number of methoxy groups -OCH3 is 2. The highest BCUT2D eigenvalue weighted by atomic mass is 35.5. The summed E-state index contributed by atoms with van der Waals surface area (Å²) in [6.45, 7) is 9.50. The highest BCUT2D eigenvalue weighted by molar-refractivity contribution is 6.30. The number of benzene rings is 5. The summed E-state index contributed by atoms with van der Waals surface area (Å²) >= 11 is 6.34. The number of anilines is 2. The summed E-state index contributed by atoms with van der Waals surface area (Å²) in [7, 11) is 3.11. The fourth-order valence-electron chi connectivity index (χ4n) is 9.66. The van der Waals surface area contributed by atoms with Gasteiger partial charge < -0.3 is 29.6 Å². The van der Waals surface area contributed by atoms with Crippen LogP contribution in [0.15, 0.2) is 116 Å². The zero-order valence-corrected chi connectivity index (χ0v) is 43.2. The van der Waals surface area contributed by atoms with Crippen molar-refractivity contribution >= 4 is 34.7 Å². The molecule has 0 spiro atoms. The van der Waals surface area contributed by atoms with Gasteiger partial charge in [0.2, 0.25) is 0 Å². The van der Waals surface area contributed by atoms with Crippen molar-refractivity contribution < 1.29 is 37.3 Å². The molecule has 6 aromatic rings. The molecule has 382 valence electrons. The highest BCUT2D eigenvalue weighted by Gasteiger charge is 2.61. The van der Waals surface area contributed by atoms with Gasteiger partial charge in [0, 0.05) is 72.0 Å². The maximum atomic E-state index is 16.2. The SMILES string of the molecule is COc1ccc(Nc2cc(-c3cccc(OCCCCOCCCCCC(=O)c4ccc(CC(=O)[C@@H]5N[C@@H](CC(C)(C)C)[C@](C#N)(c6ccc(C)cc6F)[C@H]5c5cccc(Cl)c5F)c(OC)c4)c3)ncn2)cc1. The van der Waals surface area contributed by atoms with Crippen LogP contribution >= 0.6 is 11.6 Å². The fourth-order valence-corrected chi connectivity index (χ4v) is 9.84. The summed E-state index contributed by atoms with van der Waals surface area (Å²) in [5, 5.41) is 17.8. The Morgan fingerprint density at radius 3 is 2.32 bits per heavy atom. The third-order valence-corrected chi connectivity index (χ3v) is 13.6. The van der Waals surface area contributed by atoms with Crippen molar-refractivity contribution in [2.75, 3.05) is 39.4 Å². The summed E-state index contributed by atoms with van der Waals surface area (Å²) in [6, 6.07) is 32.1. The van der Waals surface area contributed by atoms with Gasteiger partial charge in [-0.2, -0.15) is 5.26 Å². The van der Waals surface area contributed by atoms with E-state index in [-0.39, 0.29) is 39.6 Å². The number of aromatic nitrogens is 2. The van der Waals surface area contributed by atoms with Gasteiger partial charge in [0.05, 0.1) is 43.7 Å². The average Bonchev–Trinajstić information content (AvgIpc) is 3.69. The van der Waals surface area contributed by atoms with E-state index in [1.165, 1.54) is 31.6 Å². The van der Waals surface area contributed by atoms with Gasteiger partial charge in [0.1, 0.15) is 46.4 Å². The molecule has 2 heterocycles. The quantitative estimate of drug-likeness (QED) is 0.0441. The van der Waals surface area contributed by atoms with Crippen molar-refractivity contribution in [1.82, 2.24) is 15.3 Å². The number of carbonyl (C=O) groups excluding carboxylic acids is 2. The molecule has 0 radical (unpaired) electrons. The van der Waals surface area contributed by atoms with E-state index in [1.807, 2.05) is 75.4 Å². The molecule has 1 aliphatic rings. The van der Waals surface area contributed by atoms with Gasteiger partial charge in [-0.25, -0.2) is 18.7 Å². The van der Waals surface area contributed by atoms with Crippen LogP contribution in [0.3, 0.4) is 0 Å². The summed E-state index contributed by atoms with van der Waals surface area (Å²) < 4.78 is 55.3. The van der Waals surface area contributed by atoms with E-state index in [4.69, 9.17) is 30.5 Å². The normalized spacial score (nSPS) is 17.5. The molecule has 5 aromatic carbocycles. The first kappa shape index (κ1) is 54.1. The van der Waals surface area contributed by atoms with Crippen LogP contribution in [0.2, 0.25) is 5.02 Å². The average molecular weight is 1010 g/mol. The number of ether oxygens (including phenoxy) is 4. The predicted molar refractivity (Wildman–Crippen MR) is 281 cm³/mol. The Morgan fingerprint density at radius 2 is 1.59 bits per heavy atom. The van der Waals surface area contributed by atoms with Crippen LogP contribution < -0.4 is 24.8 Å². The minimum absolute atomic E-state index is 0.0474. The van der Waals surface area contributed by atoms with Crippen LogP contribution in [-0.4, -0.2) is 67.7 Å². The molecular weight excluding hydrogens is 948 g/mol. The molecule has 1 saturated heterocycles. The van der Waals surface area contributed by atoms with Gasteiger partial charge in [-0.15, -0.1) is 0 Å². The largest absolute Gasteiger partial charge is 0.497 e. The second-order valence-corrected chi connectivity index (χ2v) is 20.2. The molecule has 1 aliphatic heterocycles. The molecule has 14 heteroatoms. The standard InChI is InChI=1S/C59H64ClF2N5O6/c1-38-19-26-46(48(61)30-38)59(36-63)53(35-58(2,3)4)67-57(55(59)45-16-13-17-47(60)56(45)62)51(69)32-41-21-20-40(33-52(41)71-6)50(68)18-8-7-9-27-72-28-10-11-29-73-44-15-12-14-39(31-44)49-34-54(65-37-64-49)66-42-22-24-43(70-5)25-23-42/h12-17,19-26,30-31,33-34,37,53,55,57,67H,7-11,18,27-29,32,35H2,1-6H3,(H,64,65,66)/t53-,55-,57-,59-/m0/s1. The number of Topliss-reactive ketones (excluding diaryl/α,β-unsaturated/α-hetero) is 2.